The minimum atomic E-state index is -0.242. The molecule has 2 aromatic rings. The number of nitrogens with zero attached hydrogens (tertiary/aromatic N) is 3. The maximum Gasteiger partial charge on any atom is 0.239 e. The zero-order valence-electron chi connectivity index (χ0n) is 17.0. The van der Waals surface area contributed by atoms with E-state index in [1.165, 1.54) is 0 Å². The quantitative estimate of drug-likeness (QED) is 0.803. The van der Waals surface area contributed by atoms with E-state index in [-0.39, 0.29) is 11.8 Å². The summed E-state index contributed by atoms with van der Waals surface area (Å²) in [5.41, 5.74) is 3.51. The van der Waals surface area contributed by atoms with Crippen LogP contribution >= 0.6 is 11.6 Å². The molecule has 0 radical (unpaired) electrons. The number of aliphatic imine (C=N–C) groups is 2. The Morgan fingerprint density at radius 3 is 2.43 bits per heavy atom. The summed E-state index contributed by atoms with van der Waals surface area (Å²) < 4.78 is 5.38. The van der Waals surface area contributed by atoms with Gasteiger partial charge in [-0.3, -0.25) is 14.7 Å². The highest BCUT2D eigenvalue weighted by molar-refractivity contribution is 6.30. The van der Waals surface area contributed by atoms with Crippen LogP contribution in [-0.2, 0) is 9.53 Å². The van der Waals surface area contributed by atoms with E-state index < -0.39 is 0 Å². The van der Waals surface area contributed by atoms with E-state index in [9.17, 15) is 4.79 Å². The number of fused-ring (bicyclic) bond motifs is 1. The minimum Gasteiger partial charge on any atom is -0.379 e. The molecular weight excluding hydrogens is 400 g/mol. The second-order valence-electron chi connectivity index (χ2n) is 7.36. The number of morpholine rings is 1. The van der Waals surface area contributed by atoms with Crippen LogP contribution in [0.4, 0.5) is 11.4 Å². The molecule has 2 aliphatic heterocycles. The number of amidine groups is 1. The Bertz CT molecular complexity index is 965. The summed E-state index contributed by atoms with van der Waals surface area (Å²) in [7, 11) is 0. The monoisotopic (exact) mass is 424 g/mol. The van der Waals surface area contributed by atoms with Gasteiger partial charge in [-0.25, -0.2) is 4.99 Å². The Morgan fingerprint density at radius 2 is 1.77 bits per heavy atom. The fourth-order valence-electron chi connectivity index (χ4n) is 3.76. The number of amides is 1. The van der Waals surface area contributed by atoms with Crippen molar-refractivity contribution >= 4 is 40.4 Å². The molecule has 156 valence electrons. The number of para-hydroxylation sites is 2. The van der Waals surface area contributed by atoms with E-state index in [2.05, 4.69) is 17.1 Å². The van der Waals surface area contributed by atoms with Gasteiger partial charge in [0.1, 0.15) is 5.84 Å². The summed E-state index contributed by atoms with van der Waals surface area (Å²) in [6, 6.07) is 15.4. The summed E-state index contributed by atoms with van der Waals surface area (Å²) in [5.74, 6) is 0.277. The number of carbonyl (C=O) groups excluding carboxylic acids is 1. The molecule has 0 bridgehead atoms. The molecule has 0 saturated carbocycles. The van der Waals surface area contributed by atoms with E-state index in [0.717, 1.165) is 42.2 Å². The van der Waals surface area contributed by atoms with Gasteiger partial charge in [0, 0.05) is 23.8 Å². The van der Waals surface area contributed by atoms with Crippen molar-refractivity contribution in [2.45, 2.75) is 19.3 Å². The standard InChI is InChI=1S/C23H25ClN4O2/c1-2-18-22(16-7-9-17(24)10-8-16)23(26-20-6-4-3-5-19(20)25-18)27-21(29)15-28-11-13-30-14-12-28/h3-10,22H,2,11-15H2,1H3,(H,26,27,29)/t22-/m1/s1. The Kier molecular flexibility index (Phi) is 6.57. The molecule has 0 aromatic heterocycles. The Morgan fingerprint density at radius 1 is 1.10 bits per heavy atom. The average molecular weight is 425 g/mol. The first-order valence-corrected chi connectivity index (χ1v) is 10.6. The maximum absolute atomic E-state index is 12.9. The first-order valence-electron chi connectivity index (χ1n) is 10.2. The predicted molar refractivity (Wildman–Crippen MR) is 121 cm³/mol. The maximum atomic E-state index is 12.9. The Hall–Kier alpha value is -2.54. The molecule has 4 rings (SSSR count). The van der Waals surface area contributed by atoms with Crippen molar-refractivity contribution in [2.75, 3.05) is 32.8 Å². The Labute approximate surface area is 181 Å². The van der Waals surface area contributed by atoms with Gasteiger partial charge < -0.3 is 10.1 Å². The molecule has 0 unspecified atom stereocenters. The number of carbonyl (C=O) groups is 1. The third-order valence-corrected chi connectivity index (χ3v) is 5.55. The zero-order valence-corrected chi connectivity index (χ0v) is 17.7. The van der Waals surface area contributed by atoms with Crippen LogP contribution in [0, 0.1) is 0 Å². The highest BCUT2D eigenvalue weighted by Gasteiger charge is 2.28. The topological polar surface area (TPSA) is 66.3 Å². The van der Waals surface area contributed by atoms with Gasteiger partial charge in [0.15, 0.2) is 0 Å². The van der Waals surface area contributed by atoms with Crippen LogP contribution in [0.5, 0.6) is 0 Å². The van der Waals surface area contributed by atoms with E-state index in [4.69, 9.17) is 26.3 Å². The van der Waals surface area contributed by atoms with Gasteiger partial charge in [-0.05, 0) is 36.2 Å². The highest BCUT2D eigenvalue weighted by atomic mass is 35.5. The smallest absolute Gasteiger partial charge is 0.239 e. The molecule has 1 N–H and O–H groups in total. The van der Waals surface area contributed by atoms with Crippen LogP contribution in [0.3, 0.4) is 0 Å². The fourth-order valence-corrected chi connectivity index (χ4v) is 3.88. The van der Waals surface area contributed by atoms with Crippen molar-refractivity contribution in [3.63, 3.8) is 0 Å². The van der Waals surface area contributed by atoms with Gasteiger partial charge in [0.05, 0.1) is 37.1 Å². The van der Waals surface area contributed by atoms with Crippen LogP contribution < -0.4 is 5.32 Å². The van der Waals surface area contributed by atoms with E-state index in [1.54, 1.807) is 0 Å². The minimum absolute atomic E-state index is 0.0792. The summed E-state index contributed by atoms with van der Waals surface area (Å²) in [4.78, 5) is 24.7. The van der Waals surface area contributed by atoms with Gasteiger partial charge in [-0.15, -0.1) is 0 Å². The van der Waals surface area contributed by atoms with Crippen molar-refractivity contribution in [3.8, 4) is 0 Å². The molecule has 2 heterocycles. The second-order valence-corrected chi connectivity index (χ2v) is 7.80. The fraction of sp³-hybridized carbons (Fsp3) is 0.348. The third kappa shape index (κ3) is 4.78. The summed E-state index contributed by atoms with van der Waals surface area (Å²) in [6.45, 7) is 5.21. The van der Waals surface area contributed by atoms with Crippen molar-refractivity contribution in [2.24, 2.45) is 9.98 Å². The van der Waals surface area contributed by atoms with Crippen molar-refractivity contribution in [1.29, 1.82) is 0 Å². The third-order valence-electron chi connectivity index (χ3n) is 5.30. The van der Waals surface area contributed by atoms with Crippen LogP contribution in [0.1, 0.15) is 24.8 Å². The lowest BCUT2D eigenvalue weighted by atomic mass is 9.91. The van der Waals surface area contributed by atoms with Crippen LogP contribution in [0.2, 0.25) is 5.02 Å². The van der Waals surface area contributed by atoms with E-state index in [1.807, 2.05) is 48.5 Å². The molecule has 2 aliphatic rings. The van der Waals surface area contributed by atoms with Gasteiger partial charge in [-0.2, -0.15) is 0 Å². The molecule has 6 nitrogen and oxygen atoms in total. The molecule has 0 spiro atoms. The van der Waals surface area contributed by atoms with Crippen LogP contribution in [0.15, 0.2) is 58.5 Å². The number of benzene rings is 2. The molecule has 2 aromatic carbocycles. The molecule has 1 fully saturated rings. The Balaban J connectivity index is 1.69. The number of ether oxygens (including phenoxy) is 1. The molecule has 30 heavy (non-hydrogen) atoms. The molecule has 7 heteroatoms. The summed E-state index contributed by atoms with van der Waals surface area (Å²) in [5, 5.41) is 3.76. The second kappa shape index (κ2) is 9.51. The van der Waals surface area contributed by atoms with Gasteiger partial charge >= 0.3 is 0 Å². The summed E-state index contributed by atoms with van der Waals surface area (Å²) >= 11 is 6.11. The zero-order chi connectivity index (χ0) is 20.9. The number of nitrogens with one attached hydrogen (secondary N) is 1. The molecule has 1 atom stereocenters. The lowest BCUT2D eigenvalue weighted by Gasteiger charge is -2.27. The van der Waals surface area contributed by atoms with Crippen molar-refractivity contribution in [1.82, 2.24) is 10.2 Å². The molecule has 0 aliphatic carbocycles. The molecular formula is C23H25ClN4O2. The molecule has 1 saturated heterocycles. The first kappa shape index (κ1) is 20.7. The first-order chi connectivity index (χ1) is 14.6. The van der Waals surface area contributed by atoms with Gasteiger partial charge in [0.2, 0.25) is 5.91 Å². The SMILES string of the molecule is CCC1=Nc2ccccc2N=C(NC(=O)CN2CCOCC2)[C@@H]1c1ccc(Cl)cc1. The van der Waals surface area contributed by atoms with Crippen LogP contribution in [0.25, 0.3) is 0 Å². The average Bonchev–Trinajstić information content (AvgIpc) is 2.91. The number of hydrogen-bond acceptors (Lipinski definition) is 5. The van der Waals surface area contributed by atoms with E-state index in [0.29, 0.717) is 30.6 Å². The number of rotatable bonds is 4. The van der Waals surface area contributed by atoms with Crippen LogP contribution in [-0.4, -0.2) is 55.2 Å². The number of hydrogen-bond donors (Lipinski definition) is 1. The van der Waals surface area contributed by atoms with Crippen molar-refractivity contribution in [3.05, 3.63) is 59.1 Å². The highest BCUT2D eigenvalue weighted by Crippen LogP contribution is 2.35. The molecule has 1 amide bonds. The predicted octanol–water partition coefficient (Wildman–Crippen LogP) is 4.10. The van der Waals surface area contributed by atoms with Gasteiger partial charge in [0.25, 0.3) is 0 Å². The lowest BCUT2D eigenvalue weighted by molar-refractivity contribution is -0.121. The van der Waals surface area contributed by atoms with E-state index >= 15 is 0 Å². The largest absolute Gasteiger partial charge is 0.379 e. The van der Waals surface area contributed by atoms with Crippen molar-refractivity contribution < 1.29 is 9.53 Å². The summed E-state index contributed by atoms with van der Waals surface area (Å²) in [6.07, 6.45) is 0.736. The lowest BCUT2D eigenvalue weighted by Crippen LogP contribution is -2.46. The van der Waals surface area contributed by atoms with Gasteiger partial charge in [-0.1, -0.05) is 42.8 Å². The number of halogens is 1. The normalized spacial score (nSPS) is 19.3.